The number of Topliss-reactive ketones (excluding diaryl/α,β-unsaturated/α-hetero) is 1. The van der Waals surface area contributed by atoms with E-state index in [-0.39, 0.29) is 0 Å². The van der Waals surface area contributed by atoms with Gasteiger partial charge in [0.1, 0.15) is 5.78 Å². The molecule has 0 saturated carbocycles. The number of aromatic nitrogens is 2. The first-order chi connectivity index (χ1) is 7.24. The van der Waals surface area contributed by atoms with E-state index in [1.807, 2.05) is 6.92 Å². The lowest BCUT2D eigenvalue weighted by atomic mass is 10.1. The van der Waals surface area contributed by atoms with Crippen molar-refractivity contribution in [1.82, 2.24) is 15.0 Å². The number of carbonyl (C=O) groups is 1. The van der Waals surface area contributed by atoms with E-state index in [0.717, 1.165) is 26.1 Å². The number of aryl methyl sites for hydroxylation is 1. The molecule has 0 spiro atoms. The van der Waals surface area contributed by atoms with Crippen LogP contribution in [-0.4, -0.2) is 40.5 Å². The summed E-state index contributed by atoms with van der Waals surface area (Å²) < 4.78 is 5.02. The zero-order chi connectivity index (χ0) is 10.7. The second-order valence-corrected chi connectivity index (χ2v) is 3.87. The molecule has 1 aromatic rings. The topological polar surface area (TPSA) is 59.2 Å². The molecular weight excluding hydrogens is 194 g/mol. The quantitative estimate of drug-likeness (QED) is 0.729. The molecule has 5 heteroatoms. The van der Waals surface area contributed by atoms with E-state index in [0.29, 0.717) is 30.3 Å². The highest BCUT2D eigenvalue weighted by molar-refractivity contribution is 5.79. The molecule has 5 nitrogen and oxygen atoms in total. The Hall–Kier alpha value is -1.23. The van der Waals surface area contributed by atoms with E-state index in [4.69, 9.17) is 4.52 Å². The first-order valence-corrected chi connectivity index (χ1v) is 5.27. The maximum Gasteiger partial charge on any atom is 0.227 e. The standard InChI is InChI=1S/C10H15N3O2/c1-8-11-10(15-12-8)4-7-13-5-2-9(14)3-6-13/h2-7H2,1H3. The summed E-state index contributed by atoms with van der Waals surface area (Å²) in [6.07, 6.45) is 2.14. The van der Waals surface area contributed by atoms with Crippen molar-refractivity contribution < 1.29 is 9.32 Å². The third-order valence-corrected chi connectivity index (χ3v) is 2.63. The number of piperidine rings is 1. The zero-order valence-electron chi connectivity index (χ0n) is 8.90. The smallest absolute Gasteiger partial charge is 0.227 e. The molecule has 0 radical (unpaired) electrons. The third-order valence-electron chi connectivity index (χ3n) is 2.63. The SMILES string of the molecule is Cc1noc(CCN2CCC(=O)CC2)n1. The van der Waals surface area contributed by atoms with Gasteiger partial charge in [0.15, 0.2) is 5.82 Å². The number of nitrogens with zero attached hydrogens (tertiary/aromatic N) is 3. The van der Waals surface area contributed by atoms with Crippen molar-refractivity contribution in [1.29, 1.82) is 0 Å². The van der Waals surface area contributed by atoms with Crippen LogP contribution in [0.3, 0.4) is 0 Å². The average Bonchev–Trinajstić information content (AvgIpc) is 2.64. The summed E-state index contributed by atoms with van der Waals surface area (Å²) in [4.78, 5) is 17.4. The Balaban J connectivity index is 1.76. The van der Waals surface area contributed by atoms with Crippen LogP contribution in [-0.2, 0) is 11.2 Å². The van der Waals surface area contributed by atoms with Crippen molar-refractivity contribution in [3.05, 3.63) is 11.7 Å². The molecule has 0 atom stereocenters. The summed E-state index contributed by atoms with van der Waals surface area (Å²) in [5.74, 6) is 1.74. The van der Waals surface area contributed by atoms with Crippen molar-refractivity contribution in [2.45, 2.75) is 26.2 Å². The Labute approximate surface area is 88.5 Å². The summed E-state index contributed by atoms with van der Waals surface area (Å²) in [6, 6.07) is 0. The lowest BCUT2D eigenvalue weighted by molar-refractivity contribution is -0.121. The van der Waals surface area contributed by atoms with Crippen LogP contribution in [0.25, 0.3) is 0 Å². The molecule has 82 valence electrons. The predicted molar refractivity (Wildman–Crippen MR) is 53.4 cm³/mol. The molecule has 0 aliphatic carbocycles. The molecule has 1 saturated heterocycles. The van der Waals surface area contributed by atoms with Gasteiger partial charge in [-0.1, -0.05) is 5.16 Å². The van der Waals surface area contributed by atoms with Crippen molar-refractivity contribution in [2.75, 3.05) is 19.6 Å². The van der Waals surface area contributed by atoms with Crippen LogP contribution in [0.15, 0.2) is 4.52 Å². The molecule has 0 aromatic carbocycles. The van der Waals surface area contributed by atoms with E-state index >= 15 is 0 Å². The van der Waals surface area contributed by atoms with Crippen LogP contribution in [0.1, 0.15) is 24.6 Å². The molecule has 1 aliphatic rings. The molecule has 0 bridgehead atoms. The van der Waals surface area contributed by atoms with Gasteiger partial charge in [-0.2, -0.15) is 4.98 Å². The predicted octanol–water partition coefficient (Wildman–Crippen LogP) is 0.585. The van der Waals surface area contributed by atoms with Crippen molar-refractivity contribution in [3.63, 3.8) is 0 Å². The van der Waals surface area contributed by atoms with Gasteiger partial charge in [-0.05, 0) is 6.92 Å². The van der Waals surface area contributed by atoms with Gasteiger partial charge in [-0.25, -0.2) is 0 Å². The monoisotopic (exact) mass is 209 g/mol. The van der Waals surface area contributed by atoms with Crippen molar-refractivity contribution in [2.24, 2.45) is 0 Å². The lowest BCUT2D eigenvalue weighted by Gasteiger charge is -2.24. The fourth-order valence-corrected chi connectivity index (χ4v) is 1.72. The van der Waals surface area contributed by atoms with Gasteiger partial charge in [-0.15, -0.1) is 0 Å². The third kappa shape index (κ3) is 2.86. The van der Waals surface area contributed by atoms with E-state index in [2.05, 4.69) is 15.0 Å². The van der Waals surface area contributed by atoms with Crippen LogP contribution in [0.5, 0.6) is 0 Å². The summed E-state index contributed by atoms with van der Waals surface area (Å²) in [5.41, 5.74) is 0. The first-order valence-electron chi connectivity index (χ1n) is 5.27. The molecule has 1 fully saturated rings. The molecule has 2 rings (SSSR count). The fraction of sp³-hybridized carbons (Fsp3) is 0.700. The number of rotatable bonds is 3. The van der Waals surface area contributed by atoms with Crippen LogP contribution in [0.2, 0.25) is 0 Å². The van der Waals surface area contributed by atoms with Gasteiger partial charge < -0.3 is 9.42 Å². The summed E-state index contributed by atoms with van der Waals surface area (Å²) in [7, 11) is 0. The second-order valence-electron chi connectivity index (χ2n) is 3.87. The summed E-state index contributed by atoms with van der Waals surface area (Å²) in [6.45, 7) is 4.44. The Morgan fingerprint density at radius 2 is 2.13 bits per heavy atom. The Morgan fingerprint density at radius 1 is 1.40 bits per heavy atom. The van der Waals surface area contributed by atoms with Gasteiger partial charge in [0, 0.05) is 38.9 Å². The maximum absolute atomic E-state index is 11.0. The Kier molecular flexibility index (Phi) is 3.11. The molecule has 0 N–H and O–H groups in total. The highest BCUT2D eigenvalue weighted by Gasteiger charge is 2.16. The second kappa shape index (κ2) is 4.53. The maximum atomic E-state index is 11.0. The van der Waals surface area contributed by atoms with Crippen LogP contribution in [0, 0.1) is 6.92 Å². The van der Waals surface area contributed by atoms with Gasteiger partial charge in [0.05, 0.1) is 0 Å². The van der Waals surface area contributed by atoms with E-state index < -0.39 is 0 Å². The lowest BCUT2D eigenvalue weighted by Crippen LogP contribution is -2.35. The van der Waals surface area contributed by atoms with Crippen molar-refractivity contribution in [3.8, 4) is 0 Å². The highest BCUT2D eigenvalue weighted by atomic mass is 16.5. The van der Waals surface area contributed by atoms with Crippen LogP contribution in [0.4, 0.5) is 0 Å². The van der Waals surface area contributed by atoms with Gasteiger partial charge in [-0.3, -0.25) is 4.79 Å². The molecule has 1 aliphatic heterocycles. The largest absolute Gasteiger partial charge is 0.339 e. The number of hydrogen-bond donors (Lipinski definition) is 0. The number of hydrogen-bond acceptors (Lipinski definition) is 5. The number of ketones is 1. The molecular formula is C10H15N3O2. The minimum atomic E-state index is 0.375. The fourth-order valence-electron chi connectivity index (χ4n) is 1.72. The zero-order valence-corrected chi connectivity index (χ0v) is 8.90. The highest BCUT2D eigenvalue weighted by Crippen LogP contribution is 2.06. The minimum Gasteiger partial charge on any atom is -0.339 e. The van der Waals surface area contributed by atoms with Gasteiger partial charge >= 0.3 is 0 Å². The van der Waals surface area contributed by atoms with E-state index in [1.165, 1.54) is 0 Å². The molecule has 0 unspecified atom stereocenters. The summed E-state index contributed by atoms with van der Waals surface area (Å²) >= 11 is 0. The molecule has 1 aromatic heterocycles. The number of likely N-dealkylation sites (tertiary alicyclic amines) is 1. The van der Waals surface area contributed by atoms with E-state index in [9.17, 15) is 4.79 Å². The van der Waals surface area contributed by atoms with E-state index in [1.54, 1.807) is 0 Å². The Bertz CT molecular complexity index is 338. The van der Waals surface area contributed by atoms with Crippen LogP contribution >= 0.6 is 0 Å². The molecule has 0 amide bonds. The van der Waals surface area contributed by atoms with Gasteiger partial charge in [0.2, 0.25) is 5.89 Å². The normalized spacial score (nSPS) is 18.3. The molecule has 2 heterocycles. The number of carbonyl (C=O) groups excluding carboxylic acids is 1. The Morgan fingerprint density at radius 3 is 2.73 bits per heavy atom. The first kappa shape index (κ1) is 10.3. The van der Waals surface area contributed by atoms with Crippen LogP contribution < -0.4 is 0 Å². The van der Waals surface area contributed by atoms with Crippen molar-refractivity contribution >= 4 is 5.78 Å². The minimum absolute atomic E-state index is 0.375. The summed E-state index contributed by atoms with van der Waals surface area (Å²) in [5, 5.41) is 3.73. The molecule has 15 heavy (non-hydrogen) atoms. The average molecular weight is 209 g/mol. The van der Waals surface area contributed by atoms with Gasteiger partial charge in [0.25, 0.3) is 0 Å².